The van der Waals surface area contributed by atoms with Crippen LogP contribution in [0.15, 0.2) is 24.3 Å². The molecule has 2 N–H and O–H groups in total. The summed E-state index contributed by atoms with van der Waals surface area (Å²) in [5.41, 5.74) is 7.00. The smallest absolute Gasteiger partial charge is 0.337 e. The summed E-state index contributed by atoms with van der Waals surface area (Å²) in [4.78, 5) is 27.2. The number of hydrogen-bond acceptors (Lipinski definition) is 5. The topological polar surface area (TPSA) is 75.9 Å². The molecule has 2 atom stereocenters. The lowest BCUT2D eigenvalue weighted by Crippen LogP contribution is -2.57. The number of nitrogens with zero attached hydrogens (tertiary/aromatic N) is 2. The van der Waals surface area contributed by atoms with Crippen LogP contribution in [0, 0.1) is 0 Å². The van der Waals surface area contributed by atoms with Crippen LogP contribution in [0.4, 0.5) is 5.69 Å². The van der Waals surface area contributed by atoms with Gasteiger partial charge in [0.15, 0.2) is 0 Å². The average molecular weight is 305 g/mol. The Morgan fingerprint density at radius 3 is 2.41 bits per heavy atom. The largest absolute Gasteiger partial charge is 0.465 e. The van der Waals surface area contributed by atoms with Crippen LogP contribution in [-0.2, 0) is 9.53 Å². The summed E-state index contributed by atoms with van der Waals surface area (Å²) in [6.45, 7) is 6.35. The number of esters is 1. The number of nitrogens with two attached hydrogens (primary N) is 1. The fraction of sp³-hybridized carbons (Fsp3) is 0.500. The zero-order chi connectivity index (χ0) is 16.3. The van der Waals surface area contributed by atoms with E-state index in [1.54, 1.807) is 12.1 Å². The van der Waals surface area contributed by atoms with Crippen molar-refractivity contribution in [1.82, 2.24) is 4.90 Å². The van der Waals surface area contributed by atoms with Crippen molar-refractivity contribution >= 4 is 17.6 Å². The Balaban J connectivity index is 2.04. The molecule has 22 heavy (non-hydrogen) atoms. The Hall–Kier alpha value is -2.08. The Morgan fingerprint density at radius 2 is 1.91 bits per heavy atom. The number of amides is 1. The minimum Gasteiger partial charge on any atom is -0.465 e. The summed E-state index contributed by atoms with van der Waals surface area (Å²) in [6, 6.07) is 7.36. The van der Waals surface area contributed by atoms with Gasteiger partial charge in [-0.25, -0.2) is 4.79 Å². The van der Waals surface area contributed by atoms with E-state index in [1.807, 2.05) is 19.1 Å². The van der Waals surface area contributed by atoms with Gasteiger partial charge >= 0.3 is 5.97 Å². The van der Waals surface area contributed by atoms with E-state index in [2.05, 4.69) is 16.7 Å². The van der Waals surface area contributed by atoms with Crippen molar-refractivity contribution in [2.45, 2.75) is 25.9 Å². The molecule has 1 aliphatic heterocycles. The van der Waals surface area contributed by atoms with Crippen LogP contribution in [0.25, 0.3) is 0 Å². The summed E-state index contributed by atoms with van der Waals surface area (Å²) in [5, 5.41) is 0. The molecule has 0 unspecified atom stereocenters. The van der Waals surface area contributed by atoms with E-state index in [0.717, 1.165) is 25.3 Å². The number of hydrogen-bond donors (Lipinski definition) is 1. The van der Waals surface area contributed by atoms with E-state index in [1.165, 1.54) is 7.11 Å². The summed E-state index contributed by atoms with van der Waals surface area (Å²) in [7, 11) is 1.37. The number of ether oxygens (including phenoxy) is 1. The number of carbonyl (C=O) groups is 2. The lowest BCUT2D eigenvalue weighted by Gasteiger charge is -2.43. The molecule has 1 saturated heterocycles. The third-order valence-corrected chi connectivity index (χ3v) is 4.24. The number of piperazine rings is 1. The molecule has 120 valence electrons. The molecule has 0 bridgehead atoms. The van der Waals surface area contributed by atoms with E-state index < -0.39 is 0 Å². The van der Waals surface area contributed by atoms with E-state index in [0.29, 0.717) is 5.56 Å². The second-order valence-electron chi connectivity index (χ2n) is 5.65. The van der Waals surface area contributed by atoms with Gasteiger partial charge in [-0.15, -0.1) is 0 Å². The zero-order valence-corrected chi connectivity index (χ0v) is 13.3. The van der Waals surface area contributed by atoms with Crippen LogP contribution in [0.5, 0.6) is 0 Å². The quantitative estimate of drug-likeness (QED) is 0.835. The van der Waals surface area contributed by atoms with Gasteiger partial charge in [-0.05, 0) is 38.1 Å². The van der Waals surface area contributed by atoms with Gasteiger partial charge in [0.05, 0.1) is 18.7 Å². The molecule has 0 spiro atoms. The van der Waals surface area contributed by atoms with Gasteiger partial charge in [0, 0.05) is 31.4 Å². The molecular weight excluding hydrogens is 282 g/mol. The van der Waals surface area contributed by atoms with Crippen LogP contribution < -0.4 is 10.6 Å². The highest BCUT2D eigenvalue weighted by atomic mass is 16.5. The van der Waals surface area contributed by atoms with Crippen LogP contribution in [0.3, 0.4) is 0 Å². The summed E-state index contributed by atoms with van der Waals surface area (Å²) in [6.07, 6.45) is 0. The first kappa shape index (κ1) is 16.3. The molecule has 1 heterocycles. The van der Waals surface area contributed by atoms with Crippen LogP contribution in [0.2, 0.25) is 0 Å². The van der Waals surface area contributed by atoms with E-state index in [4.69, 9.17) is 10.5 Å². The van der Waals surface area contributed by atoms with Gasteiger partial charge in [-0.2, -0.15) is 0 Å². The molecule has 0 radical (unpaired) electrons. The monoisotopic (exact) mass is 305 g/mol. The lowest BCUT2D eigenvalue weighted by atomic mass is 10.1. The van der Waals surface area contributed by atoms with E-state index >= 15 is 0 Å². The number of methoxy groups -OCH3 is 1. The van der Waals surface area contributed by atoms with Crippen LogP contribution in [0.1, 0.15) is 24.2 Å². The van der Waals surface area contributed by atoms with Gasteiger partial charge in [0.2, 0.25) is 5.91 Å². The molecule has 0 saturated carbocycles. The highest BCUT2D eigenvalue weighted by Crippen LogP contribution is 2.21. The fourth-order valence-corrected chi connectivity index (χ4v) is 2.87. The molecule has 1 aromatic carbocycles. The second kappa shape index (κ2) is 6.79. The van der Waals surface area contributed by atoms with Crippen molar-refractivity contribution < 1.29 is 14.3 Å². The number of anilines is 1. The van der Waals surface area contributed by atoms with Gasteiger partial charge < -0.3 is 15.4 Å². The van der Waals surface area contributed by atoms with Crippen LogP contribution in [-0.4, -0.2) is 55.6 Å². The normalized spacial score (nSPS) is 20.5. The Kier molecular flexibility index (Phi) is 5.03. The maximum Gasteiger partial charge on any atom is 0.337 e. The number of benzene rings is 1. The highest BCUT2D eigenvalue weighted by Gasteiger charge is 2.29. The first-order valence-corrected chi connectivity index (χ1v) is 7.42. The molecule has 6 heteroatoms. The highest BCUT2D eigenvalue weighted by molar-refractivity contribution is 5.89. The van der Waals surface area contributed by atoms with Crippen molar-refractivity contribution in [1.29, 1.82) is 0 Å². The summed E-state index contributed by atoms with van der Waals surface area (Å²) in [5.74, 6) is -0.622. The lowest BCUT2D eigenvalue weighted by molar-refractivity contribution is -0.123. The van der Waals surface area contributed by atoms with Crippen molar-refractivity contribution in [3.63, 3.8) is 0 Å². The number of rotatable bonds is 4. The maximum absolute atomic E-state index is 11.4. The summed E-state index contributed by atoms with van der Waals surface area (Å²) >= 11 is 0. The number of carbonyl (C=O) groups excluding carboxylic acids is 2. The third kappa shape index (κ3) is 3.39. The molecule has 1 fully saturated rings. The minimum atomic E-state index is -0.333. The van der Waals surface area contributed by atoms with Crippen molar-refractivity contribution in [3.8, 4) is 0 Å². The maximum atomic E-state index is 11.4. The molecule has 0 aromatic heterocycles. The first-order valence-electron chi connectivity index (χ1n) is 7.42. The van der Waals surface area contributed by atoms with Crippen molar-refractivity contribution in [3.05, 3.63) is 29.8 Å². The molecule has 2 rings (SSSR count). The van der Waals surface area contributed by atoms with Gasteiger partial charge in [-0.3, -0.25) is 9.69 Å². The van der Waals surface area contributed by atoms with Gasteiger partial charge in [0.25, 0.3) is 0 Å². The molecular formula is C16H23N3O3. The Labute approximate surface area is 130 Å². The van der Waals surface area contributed by atoms with E-state index in [-0.39, 0.29) is 24.0 Å². The average Bonchev–Trinajstić information content (AvgIpc) is 2.53. The predicted octanol–water partition coefficient (Wildman–Crippen LogP) is 0.858. The van der Waals surface area contributed by atoms with Crippen molar-refractivity contribution in [2.24, 2.45) is 5.73 Å². The standard InChI is InChI=1S/C16H23N3O3/c1-11-10-18(8-9-19(11)12(2)15(17)20)14-6-4-13(5-7-14)16(21)22-3/h4-7,11-12H,8-10H2,1-3H3,(H2,17,20)/t11-,12-/m0/s1. The molecule has 1 aliphatic rings. The minimum absolute atomic E-state index is 0.233. The van der Waals surface area contributed by atoms with Gasteiger partial charge in [0.1, 0.15) is 0 Å². The predicted molar refractivity (Wildman–Crippen MR) is 84.8 cm³/mol. The molecule has 0 aliphatic carbocycles. The summed E-state index contributed by atoms with van der Waals surface area (Å²) < 4.78 is 4.70. The SMILES string of the molecule is COC(=O)c1ccc(N2CCN([C@@H](C)C(N)=O)[C@@H](C)C2)cc1. The van der Waals surface area contributed by atoms with Crippen LogP contribution >= 0.6 is 0 Å². The van der Waals surface area contributed by atoms with Crippen molar-refractivity contribution in [2.75, 3.05) is 31.6 Å². The number of primary amides is 1. The Bertz CT molecular complexity index is 544. The third-order valence-electron chi connectivity index (χ3n) is 4.24. The van der Waals surface area contributed by atoms with E-state index in [9.17, 15) is 9.59 Å². The molecule has 1 aromatic rings. The second-order valence-corrected chi connectivity index (χ2v) is 5.65. The first-order chi connectivity index (χ1) is 10.4. The molecule has 1 amide bonds. The van der Waals surface area contributed by atoms with Gasteiger partial charge in [-0.1, -0.05) is 0 Å². The molecule has 6 nitrogen and oxygen atoms in total. The zero-order valence-electron chi connectivity index (χ0n) is 13.3. The fourth-order valence-electron chi connectivity index (χ4n) is 2.87. The Morgan fingerprint density at radius 1 is 1.27 bits per heavy atom.